The first kappa shape index (κ1) is 13.6. The van der Waals surface area contributed by atoms with E-state index in [4.69, 9.17) is 0 Å². The second-order valence-corrected chi connectivity index (χ2v) is 6.21. The molecule has 1 atom stereocenters. The fraction of sp³-hybridized carbons (Fsp3) is 0.667. The van der Waals surface area contributed by atoms with E-state index in [2.05, 4.69) is 37.3 Å². The molecule has 0 spiro atoms. The molecular formula is C18H28. The Bertz CT molecular complexity index is 310. The van der Waals surface area contributed by atoms with Gasteiger partial charge >= 0.3 is 0 Å². The van der Waals surface area contributed by atoms with E-state index < -0.39 is 0 Å². The molecule has 1 saturated carbocycles. The number of benzene rings is 1. The molecule has 2 rings (SSSR count). The van der Waals surface area contributed by atoms with Crippen molar-refractivity contribution in [1.82, 2.24) is 0 Å². The van der Waals surface area contributed by atoms with Gasteiger partial charge in [0.2, 0.25) is 0 Å². The summed E-state index contributed by atoms with van der Waals surface area (Å²) in [7, 11) is 0. The van der Waals surface area contributed by atoms with Gasteiger partial charge in [-0.25, -0.2) is 0 Å². The summed E-state index contributed by atoms with van der Waals surface area (Å²) >= 11 is 0. The molecule has 0 heteroatoms. The largest absolute Gasteiger partial charge is 0.0625 e. The van der Waals surface area contributed by atoms with Crippen LogP contribution in [0.25, 0.3) is 0 Å². The van der Waals surface area contributed by atoms with Crippen LogP contribution in [0.3, 0.4) is 0 Å². The maximum Gasteiger partial charge on any atom is -0.0276 e. The minimum absolute atomic E-state index is 0.895. The van der Waals surface area contributed by atoms with Crippen LogP contribution in [-0.2, 0) is 6.42 Å². The first-order valence-electron chi connectivity index (χ1n) is 7.88. The van der Waals surface area contributed by atoms with Crippen LogP contribution in [0.15, 0.2) is 30.3 Å². The number of rotatable bonds is 9. The second kappa shape index (κ2) is 7.61. The molecule has 0 aromatic heterocycles. The zero-order valence-corrected chi connectivity index (χ0v) is 11.9. The summed E-state index contributed by atoms with van der Waals surface area (Å²) < 4.78 is 0. The number of aryl methyl sites for hydroxylation is 1. The minimum atomic E-state index is 0.895. The quantitative estimate of drug-likeness (QED) is 0.495. The molecule has 0 heterocycles. The van der Waals surface area contributed by atoms with Crippen molar-refractivity contribution in [3.8, 4) is 0 Å². The van der Waals surface area contributed by atoms with Crippen LogP contribution in [0.4, 0.5) is 0 Å². The molecule has 18 heavy (non-hydrogen) atoms. The minimum Gasteiger partial charge on any atom is -0.0625 e. The van der Waals surface area contributed by atoms with Gasteiger partial charge in [-0.1, -0.05) is 82.2 Å². The first-order chi connectivity index (χ1) is 8.84. The second-order valence-electron chi connectivity index (χ2n) is 6.21. The van der Waals surface area contributed by atoms with Gasteiger partial charge < -0.3 is 0 Å². The molecule has 1 aromatic rings. The highest BCUT2D eigenvalue weighted by molar-refractivity contribution is 5.14. The summed E-state index contributed by atoms with van der Waals surface area (Å²) in [5.41, 5.74) is 1.50. The Kier molecular flexibility index (Phi) is 5.77. The summed E-state index contributed by atoms with van der Waals surface area (Å²) in [5, 5.41) is 0. The highest BCUT2D eigenvalue weighted by atomic mass is 14.3. The molecule has 1 aliphatic rings. The molecular weight excluding hydrogens is 216 g/mol. The van der Waals surface area contributed by atoms with Crippen LogP contribution in [0.2, 0.25) is 0 Å². The molecule has 1 unspecified atom stereocenters. The van der Waals surface area contributed by atoms with Crippen LogP contribution < -0.4 is 0 Å². The van der Waals surface area contributed by atoms with E-state index in [0.29, 0.717) is 0 Å². The lowest BCUT2D eigenvalue weighted by Crippen LogP contribution is -1.97. The van der Waals surface area contributed by atoms with E-state index >= 15 is 0 Å². The molecule has 0 saturated heterocycles. The fourth-order valence-electron chi connectivity index (χ4n) is 2.71. The third kappa shape index (κ3) is 5.71. The Morgan fingerprint density at radius 1 is 1.00 bits per heavy atom. The van der Waals surface area contributed by atoms with Crippen molar-refractivity contribution in [3.63, 3.8) is 0 Å². The summed E-state index contributed by atoms with van der Waals surface area (Å²) in [6.07, 6.45) is 13.0. The SMILES string of the molecule is CC(CCCCCC1CC1)CCc1ccccc1. The lowest BCUT2D eigenvalue weighted by molar-refractivity contribution is 0.455. The fourth-order valence-corrected chi connectivity index (χ4v) is 2.71. The van der Waals surface area contributed by atoms with E-state index in [-0.39, 0.29) is 0 Å². The van der Waals surface area contributed by atoms with Crippen LogP contribution in [0.1, 0.15) is 63.9 Å². The normalized spacial score (nSPS) is 16.7. The van der Waals surface area contributed by atoms with Crippen molar-refractivity contribution in [2.24, 2.45) is 11.8 Å². The Morgan fingerprint density at radius 3 is 2.50 bits per heavy atom. The van der Waals surface area contributed by atoms with Gasteiger partial charge in [-0.15, -0.1) is 0 Å². The molecule has 0 bridgehead atoms. The van der Waals surface area contributed by atoms with E-state index in [1.54, 1.807) is 0 Å². The third-order valence-corrected chi connectivity index (χ3v) is 4.27. The molecule has 1 aliphatic carbocycles. The standard InChI is InChI=1S/C18H28/c1-16(8-4-2-5-11-18-14-15-18)12-13-17-9-6-3-7-10-17/h3,6-7,9-10,16,18H,2,4-5,8,11-15H2,1H3. The van der Waals surface area contributed by atoms with E-state index in [0.717, 1.165) is 11.8 Å². The van der Waals surface area contributed by atoms with Crippen LogP contribution in [-0.4, -0.2) is 0 Å². The lowest BCUT2D eigenvalue weighted by Gasteiger charge is -2.11. The molecule has 0 radical (unpaired) electrons. The summed E-state index contributed by atoms with van der Waals surface area (Å²) in [6, 6.07) is 10.9. The van der Waals surface area contributed by atoms with Gasteiger partial charge in [-0.3, -0.25) is 0 Å². The van der Waals surface area contributed by atoms with Crippen LogP contribution >= 0.6 is 0 Å². The number of unbranched alkanes of at least 4 members (excludes halogenated alkanes) is 2. The van der Waals surface area contributed by atoms with Crippen molar-refractivity contribution < 1.29 is 0 Å². The van der Waals surface area contributed by atoms with Gasteiger partial charge in [0.25, 0.3) is 0 Å². The van der Waals surface area contributed by atoms with E-state index in [1.807, 2.05) is 0 Å². The molecule has 0 aliphatic heterocycles. The Labute approximate surface area is 113 Å². The van der Waals surface area contributed by atoms with E-state index in [1.165, 1.54) is 63.4 Å². The van der Waals surface area contributed by atoms with Crippen molar-refractivity contribution in [3.05, 3.63) is 35.9 Å². The average Bonchev–Trinajstić information content (AvgIpc) is 3.21. The lowest BCUT2D eigenvalue weighted by atomic mass is 9.95. The number of hydrogen-bond acceptors (Lipinski definition) is 0. The Balaban J connectivity index is 1.47. The molecule has 100 valence electrons. The van der Waals surface area contributed by atoms with Crippen LogP contribution in [0, 0.1) is 11.8 Å². The van der Waals surface area contributed by atoms with Gasteiger partial charge in [0, 0.05) is 0 Å². The maximum absolute atomic E-state index is 2.42. The smallest absolute Gasteiger partial charge is 0.0276 e. The highest BCUT2D eigenvalue weighted by Crippen LogP contribution is 2.34. The zero-order valence-electron chi connectivity index (χ0n) is 11.9. The summed E-state index contributed by atoms with van der Waals surface area (Å²) in [5.74, 6) is 2.02. The predicted molar refractivity (Wildman–Crippen MR) is 79.7 cm³/mol. The van der Waals surface area contributed by atoms with Crippen molar-refractivity contribution in [2.75, 3.05) is 0 Å². The molecule has 0 nitrogen and oxygen atoms in total. The molecule has 1 aromatic carbocycles. The maximum atomic E-state index is 2.42. The Hall–Kier alpha value is -0.780. The van der Waals surface area contributed by atoms with Gasteiger partial charge in [-0.05, 0) is 30.2 Å². The zero-order chi connectivity index (χ0) is 12.6. The van der Waals surface area contributed by atoms with Gasteiger partial charge in [0.05, 0.1) is 0 Å². The van der Waals surface area contributed by atoms with Gasteiger partial charge in [0.15, 0.2) is 0 Å². The topological polar surface area (TPSA) is 0 Å². The highest BCUT2D eigenvalue weighted by Gasteiger charge is 2.19. The monoisotopic (exact) mass is 244 g/mol. The first-order valence-corrected chi connectivity index (χ1v) is 7.88. The molecule has 0 amide bonds. The summed E-state index contributed by atoms with van der Waals surface area (Å²) in [4.78, 5) is 0. The van der Waals surface area contributed by atoms with Crippen molar-refractivity contribution in [2.45, 2.75) is 64.7 Å². The third-order valence-electron chi connectivity index (χ3n) is 4.27. The number of hydrogen-bond donors (Lipinski definition) is 0. The van der Waals surface area contributed by atoms with E-state index in [9.17, 15) is 0 Å². The van der Waals surface area contributed by atoms with Gasteiger partial charge in [0.1, 0.15) is 0 Å². The Morgan fingerprint density at radius 2 is 1.78 bits per heavy atom. The van der Waals surface area contributed by atoms with Crippen LogP contribution in [0.5, 0.6) is 0 Å². The predicted octanol–water partition coefficient (Wildman–Crippen LogP) is 5.62. The van der Waals surface area contributed by atoms with Crippen molar-refractivity contribution >= 4 is 0 Å². The van der Waals surface area contributed by atoms with Crippen molar-refractivity contribution in [1.29, 1.82) is 0 Å². The molecule has 0 N–H and O–H groups in total. The average molecular weight is 244 g/mol. The molecule has 1 fully saturated rings. The summed E-state index contributed by atoms with van der Waals surface area (Å²) in [6.45, 7) is 2.42. The van der Waals surface area contributed by atoms with Gasteiger partial charge in [-0.2, -0.15) is 0 Å².